The number of anilines is 1. The van der Waals surface area contributed by atoms with Crippen LogP contribution in [0.25, 0.3) is 0 Å². The molecule has 0 aliphatic heterocycles. The molecule has 1 N–H and O–H groups in total. The molecule has 2 nitrogen and oxygen atoms in total. The minimum Gasteiger partial charge on any atom is -0.325 e. The molecule has 0 unspecified atom stereocenters. The van der Waals surface area contributed by atoms with Crippen LogP contribution in [0.4, 0.5) is 5.69 Å². The average molecular weight is 256 g/mol. The van der Waals surface area contributed by atoms with E-state index in [0.717, 1.165) is 5.56 Å². The minimum absolute atomic E-state index is 0.0679. The van der Waals surface area contributed by atoms with Gasteiger partial charge in [-0.15, -0.1) is 0 Å². The molecular weight excluding hydrogens is 234 g/mol. The van der Waals surface area contributed by atoms with Gasteiger partial charge in [-0.05, 0) is 23.1 Å². The zero-order chi connectivity index (χ0) is 13.6. The Hall–Kier alpha value is -1.02. The SMILES string of the molecule is CC.CC(=O)Nc1ccc(C(C)(C)C)cc1Cl. The number of nitrogens with one attached hydrogen (secondary N) is 1. The summed E-state index contributed by atoms with van der Waals surface area (Å²) in [6.45, 7) is 11.8. The van der Waals surface area contributed by atoms with Crippen molar-refractivity contribution in [1.29, 1.82) is 0 Å². The van der Waals surface area contributed by atoms with Gasteiger partial charge in [-0.3, -0.25) is 4.79 Å². The molecule has 1 aromatic rings. The van der Waals surface area contributed by atoms with E-state index in [1.165, 1.54) is 6.92 Å². The molecule has 17 heavy (non-hydrogen) atoms. The summed E-state index contributed by atoms with van der Waals surface area (Å²) in [6, 6.07) is 5.72. The molecule has 0 saturated heterocycles. The first-order chi connectivity index (χ1) is 7.80. The van der Waals surface area contributed by atoms with E-state index in [1.54, 1.807) is 0 Å². The lowest BCUT2D eigenvalue weighted by Gasteiger charge is -2.20. The van der Waals surface area contributed by atoms with Crippen molar-refractivity contribution in [3.05, 3.63) is 28.8 Å². The number of hydrogen-bond donors (Lipinski definition) is 1. The van der Waals surface area contributed by atoms with Gasteiger partial charge in [-0.25, -0.2) is 0 Å². The van der Waals surface area contributed by atoms with Gasteiger partial charge >= 0.3 is 0 Å². The molecule has 0 fully saturated rings. The summed E-state index contributed by atoms with van der Waals surface area (Å²) in [7, 11) is 0. The first-order valence-corrected chi connectivity index (χ1v) is 6.26. The third-order valence-corrected chi connectivity index (χ3v) is 2.46. The first-order valence-electron chi connectivity index (χ1n) is 5.88. The molecule has 96 valence electrons. The summed E-state index contributed by atoms with van der Waals surface area (Å²) in [6.07, 6.45) is 0. The molecule has 0 aliphatic carbocycles. The standard InChI is InChI=1S/C12H16ClNO.C2H6/c1-8(15)14-11-6-5-9(7-10(11)13)12(2,3)4;1-2/h5-7H,1-4H3,(H,14,15);1-2H3. The minimum atomic E-state index is -0.111. The number of rotatable bonds is 1. The molecule has 0 saturated carbocycles. The third-order valence-electron chi connectivity index (χ3n) is 2.15. The highest BCUT2D eigenvalue weighted by Gasteiger charge is 2.15. The van der Waals surface area contributed by atoms with E-state index in [2.05, 4.69) is 26.1 Å². The Balaban J connectivity index is 0.00000121. The second-order valence-corrected chi connectivity index (χ2v) is 5.03. The zero-order valence-corrected chi connectivity index (χ0v) is 12.3. The Labute approximate surface area is 109 Å². The average Bonchev–Trinajstić information content (AvgIpc) is 2.22. The summed E-state index contributed by atoms with van der Waals surface area (Å²) in [5, 5.41) is 3.26. The molecule has 0 bridgehead atoms. The van der Waals surface area contributed by atoms with Gasteiger partial charge < -0.3 is 5.32 Å². The van der Waals surface area contributed by atoms with Crippen molar-refractivity contribution >= 4 is 23.2 Å². The lowest BCUT2D eigenvalue weighted by Crippen LogP contribution is -2.12. The van der Waals surface area contributed by atoms with Crippen molar-refractivity contribution in [2.75, 3.05) is 5.32 Å². The molecule has 1 rings (SSSR count). The molecule has 3 heteroatoms. The lowest BCUT2D eigenvalue weighted by atomic mass is 9.87. The Bertz CT molecular complexity index is 380. The maximum absolute atomic E-state index is 10.9. The normalized spacial score (nSPS) is 10.3. The van der Waals surface area contributed by atoms with Gasteiger partial charge in [0.2, 0.25) is 5.91 Å². The maximum atomic E-state index is 10.9. The van der Waals surface area contributed by atoms with Crippen molar-refractivity contribution in [2.24, 2.45) is 0 Å². The fraction of sp³-hybridized carbons (Fsp3) is 0.500. The van der Waals surface area contributed by atoms with Gasteiger partial charge in [0.25, 0.3) is 0 Å². The second kappa shape index (κ2) is 6.65. The van der Waals surface area contributed by atoms with E-state index in [4.69, 9.17) is 11.6 Å². The highest BCUT2D eigenvalue weighted by atomic mass is 35.5. The summed E-state index contributed by atoms with van der Waals surface area (Å²) in [5.41, 5.74) is 1.89. The molecule has 1 amide bonds. The number of benzene rings is 1. The third kappa shape index (κ3) is 5.22. The van der Waals surface area contributed by atoms with Crippen molar-refractivity contribution in [3.63, 3.8) is 0 Å². The van der Waals surface area contributed by atoms with Gasteiger partial charge in [0.15, 0.2) is 0 Å². The molecule has 0 aliphatic rings. The molecule has 0 spiro atoms. The Morgan fingerprint density at radius 2 is 1.76 bits per heavy atom. The predicted molar refractivity (Wildman–Crippen MR) is 75.8 cm³/mol. The van der Waals surface area contributed by atoms with Crippen LogP contribution in [0.15, 0.2) is 18.2 Å². The summed E-state index contributed by atoms with van der Waals surface area (Å²) < 4.78 is 0. The lowest BCUT2D eigenvalue weighted by molar-refractivity contribution is -0.114. The topological polar surface area (TPSA) is 29.1 Å². The van der Waals surface area contributed by atoms with Crippen LogP contribution in [0.2, 0.25) is 5.02 Å². The highest BCUT2D eigenvalue weighted by Crippen LogP contribution is 2.29. The van der Waals surface area contributed by atoms with Crippen LogP contribution in [-0.4, -0.2) is 5.91 Å². The molecule has 0 heterocycles. The van der Waals surface area contributed by atoms with Gasteiger partial charge in [0, 0.05) is 6.92 Å². The van der Waals surface area contributed by atoms with Crippen molar-refractivity contribution < 1.29 is 4.79 Å². The summed E-state index contributed by atoms with van der Waals surface area (Å²) >= 11 is 6.06. The molecule has 0 aromatic heterocycles. The molecule has 0 atom stereocenters. The van der Waals surface area contributed by atoms with Gasteiger partial charge in [0.1, 0.15) is 0 Å². The largest absolute Gasteiger partial charge is 0.325 e. The number of carbonyl (C=O) groups is 1. The van der Waals surface area contributed by atoms with Crippen LogP contribution in [0, 0.1) is 0 Å². The van der Waals surface area contributed by atoms with Gasteiger partial charge in [-0.2, -0.15) is 0 Å². The molecule has 1 aromatic carbocycles. The number of hydrogen-bond acceptors (Lipinski definition) is 1. The van der Waals surface area contributed by atoms with E-state index in [-0.39, 0.29) is 11.3 Å². The Kier molecular flexibility index (Phi) is 6.25. The maximum Gasteiger partial charge on any atom is 0.221 e. The van der Waals surface area contributed by atoms with Crippen molar-refractivity contribution in [2.45, 2.75) is 47.0 Å². The van der Waals surface area contributed by atoms with Gasteiger partial charge in [0.05, 0.1) is 10.7 Å². The highest BCUT2D eigenvalue weighted by molar-refractivity contribution is 6.33. The van der Waals surface area contributed by atoms with Crippen molar-refractivity contribution in [1.82, 2.24) is 0 Å². The number of amides is 1. The Morgan fingerprint density at radius 1 is 1.24 bits per heavy atom. The zero-order valence-electron chi connectivity index (χ0n) is 11.5. The quantitative estimate of drug-likeness (QED) is 0.779. The monoisotopic (exact) mass is 255 g/mol. The Morgan fingerprint density at radius 3 is 2.12 bits per heavy atom. The van der Waals surface area contributed by atoms with E-state index < -0.39 is 0 Å². The first kappa shape index (κ1) is 16.0. The predicted octanol–water partition coefficient (Wildman–Crippen LogP) is 4.62. The van der Waals surface area contributed by atoms with Crippen LogP contribution in [0.1, 0.15) is 47.1 Å². The fourth-order valence-electron chi connectivity index (χ4n) is 1.27. The summed E-state index contributed by atoms with van der Waals surface area (Å²) in [4.78, 5) is 10.9. The van der Waals surface area contributed by atoms with Crippen LogP contribution in [-0.2, 0) is 10.2 Å². The number of halogens is 1. The van der Waals surface area contributed by atoms with Crippen molar-refractivity contribution in [3.8, 4) is 0 Å². The van der Waals surface area contributed by atoms with Crippen LogP contribution in [0.3, 0.4) is 0 Å². The van der Waals surface area contributed by atoms with E-state index in [1.807, 2.05) is 32.0 Å². The van der Waals surface area contributed by atoms with E-state index >= 15 is 0 Å². The fourth-order valence-corrected chi connectivity index (χ4v) is 1.50. The molecular formula is C14H22ClNO. The second-order valence-electron chi connectivity index (χ2n) is 4.63. The van der Waals surface area contributed by atoms with Gasteiger partial charge in [-0.1, -0.05) is 52.3 Å². The van der Waals surface area contributed by atoms with Crippen LogP contribution >= 0.6 is 11.6 Å². The van der Waals surface area contributed by atoms with Crippen LogP contribution < -0.4 is 5.32 Å². The molecule has 0 radical (unpaired) electrons. The van der Waals surface area contributed by atoms with Crippen LogP contribution in [0.5, 0.6) is 0 Å². The summed E-state index contributed by atoms with van der Waals surface area (Å²) in [5.74, 6) is -0.111. The van der Waals surface area contributed by atoms with E-state index in [9.17, 15) is 4.79 Å². The van der Waals surface area contributed by atoms with E-state index in [0.29, 0.717) is 10.7 Å². The smallest absolute Gasteiger partial charge is 0.221 e. The number of carbonyl (C=O) groups excluding carboxylic acids is 1.